The first-order valence-electron chi connectivity index (χ1n) is 22.2. The number of nitrogens with zero attached hydrogens (tertiary/aromatic N) is 4. The fraction of sp³-hybridized carbons (Fsp3) is 0.111. The Labute approximate surface area is 417 Å². The Hall–Kier alpha value is -8.50. The number of rotatable bonds is 5. The molecule has 4 heterocycles. The first-order chi connectivity index (χ1) is 35.9. The number of carbonyl (C=O) groups excluding carboxylic acids is 1. The molecular weight excluding hydrogens is 1060 g/mol. The van der Waals surface area contributed by atoms with E-state index < -0.39 is 131 Å². The first-order valence-corrected chi connectivity index (χ1v) is 22.2. The number of benzene rings is 7. The molecule has 0 saturated carbocycles. The summed E-state index contributed by atoms with van der Waals surface area (Å²) >= 11 is 0. The number of fused-ring (bicyclic) bond motifs is 9. The lowest BCUT2D eigenvalue weighted by molar-refractivity contribution is -0.138. The fourth-order valence-corrected chi connectivity index (χ4v) is 9.88. The van der Waals surface area contributed by atoms with Gasteiger partial charge in [0.2, 0.25) is 0 Å². The average Bonchev–Trinajstić information content (AvgIpc) is 4.02. The maximum absolute atomic E-state index is 15.9. The summed E-state index contributed by atoms with van der Waals surface area (Å²) in [5.41, 5.74) is -15.8. The van der Waals surface area contributed by atoms with Crippen LogP contribution in [0.15, 0.2) is 146 Å². The van der Waals surface area contributed by atoms with Crippen LogP contribution in [-0.2, 0) is 37.1 Å². The van der Waals surface area contributed by atoms with Gasteiger partial charge >= 0.3 is 37.1 Å². The monoisotopic (exact) mass is 1090 g/mol. The van der Waals surface area contributed by atoms with E-state index in [0.29, 0.717) is 81.9 Å². The van der Waals surface area contributed by atoms with E-state index in [2.05, 4.69) is 4.98 Å². The maximum Gasteiger partial charge on any atom is 0.418 e. The number of hydrogen-bond acceptors (Lipinski definition) is 2. The van der Waals surface area contributed by atoms with Crippen molar-refractivity contribution < 1.29 is 83.8 Å². The minimum Gasteiger partial charge on any atom is -0.309 e. The predicted octanol–water partition coefficient (Wildman–Crippen LogP) is 17.7. The Morgan fingerprint density at radius 1 is 0.312 bits per heavy atom. The van der Waals surface area contributed by atoms with E-state index in [1.165, 1.54) is 36.7 Å². The van der Waals surface area contributed by atoms with Crippen LogP contribution >= 0.6 is 0 Å². The summed E-state index contributed by atoms with van der Waals surface area (Å²) in [6, 6.07) is 16.5. The van der Waals surface area contributed by atoms with Crippen molar-refractivity contribution in [2.45, 2.75) is 37.1 Å². The molecule has 11 aromatic rings. The fourth-order valence-electron chi connectivity index (χ4n) is 9.88. The van der Waals surface area contributed by atoms with Crippen molar-refractivity contribution in [2.24, 2.45) is 0 Å². The Morgan fingerprint density at radius 3 is 0.909 bits per heavy atom. The second-order valence-corrected chi connectivity index (χ2v) is 17.8. The van der Waals surface area contributed by atoms with Crippen LogP contribution in [0.4, 0.5) is 79.0 Å². The first kappa shape index (κ1) is 50.6. The minimum atomic E-state index is -5.57. The van der Waals surface area contributed by atoms with Crippen molar-refractivity contribution in [2.75, 3.05) is 0 Å². The van der Waals surface area contributed by atoms with Gasteiger partial charge in [0.25, 0.3) is 0 Å². The third kappa shape index (κ3) is 8.42. The van der Waals surface area contributed by atoms with Gasteiger partial charge in [-0.25, -0.2) is 0 Å². The minimum absolute atomic E-state index is 0.0390. The van der Waals surface area contributed by atoms with Gasteiger partial charge in [0, 0.05) is 61.5 Å². The third-order valence-electron chi connectivity index (χ3n) is 13.3. The van der Waals surface area contributed by atoms with Crippen molar-refractivity contribution in [3.63, 3.8) is 0 Å². The molecule has 23 heteroatoms. The van der Waals surface area contributed by atoms with Crippen molar-refractivity contribution in [3.05, 3.63) is 190 Å². The highest BCUT2D eigenvalue weighted by Crippen LogP contribution is 2.49. The molecule has 0 aliphatic heterocycles. The maximum atomic E-state index is 15.9. The lowest BCUT2D eigenvalue weighted by Crippen LogP contribution is -2.12. The Kier molecular flexibility index (Phi) is 11.0. The summed E-state index contributed by atoms with van der Waals surface area (Å²) in [5.74, 6) is -0.601. The second kappa shape index (κ2) is 16.7. The molecule has 0 bridgehead atoms. The number of alkyl halides is 18. The summed E-state index contributed by atoms with van der Waals surface area (Å²) < 4.78 is 269. The number of ketones is 1. The van der Waals surface area contributed by atoms with Gasteiger partial charge in [0.1, 0.15) is 0 Å². The zero-order chi connectivity index (χ0) is 55.3. The van der Waals surface area contributed by atoms with Gasteiger partial charge in [-0.2, -0.15) is 79.0 Å². The zero-order valence-corrected chi connectivity index (χ0v) is 37.9. The highest BCUT2D eigenvalue weighted by Gasteiger charge is 2.41. The van der Waals surface area contributed by atoms with Crippen LogP contribution in [0.25, 0.3) is 82.5 Å². The predicted molar refractivity (Wildman–Crippen MR) is 247 cm³/mol. The second-order valence-electron chi connectivity index (χ2n) is 17.8. The molecule has 0 N–H and O–H groups in total. The molecule has 0 aliphatic carbocycles. The van der Waals surface area contributed by atoms with Crippen molar-refractivity contribution in [3.8, 4) is 17.1 Å². The van der Waals surface area contributed by atoms with Gasteiger partial charge in [-0.05, 0) is 109 Å². The molecule has 0 amide bonds. The number of hydrogen-bond donors (Lipinski definition) is 0. The normalized spacial score (nSPS) is 13.4. The van der Waals surface area contributed by atoms with E-state index in [0.717, 1.165) is 41.0 Å². The Morgan fingerprint density at radius 2 is 0.610 bits per heavy atom. The third-order valence-corrected chi connectivity index (χ3v) is 13.3. The van der Waals surface area contributed by atoms with Crippen LogP contribution in [0.5, 0.6) is 0 Å². The van der Waals surface area contributed by atoms with E-state index in [4.69, 9.17) is 0 Å². The molecule has 0 fully saturated rings. The summed E-state index contributed by atoms with van der Waals surface area (Å²) in [5, 5.41) is -2.07. The smallest absolute Gasteiger partial charge is 0.309 e. The number of carbonyl (C=O) groups is 1. The molecular formula is C54H24F18N4O. The topological polar surface area (TPSA) is 44.8 Å². The standard InChI is InChI=1S/C54H24F18N4O/c55-49(56,57)27-3-9-32-33-10-4-28(50(58,59)60)18-41(33)75(40(32)17-27)46-21-36-37-22-47(76-42-19-29(51(61,62)63)5-11-34(42)35-12-6-30(20-43(35)76)52(64,65)66)39(54(70,71)72)24-45(37)74(44(36)23-38(46)53(67,68)69)31-7-1-25(2-8-31)48(77)26-13-15-73-16-14-26/h1-24H. The number of aromatic nitrogens is 4. The van der Waals surface area contributed by atoms with Gasteiger partial charge in [0.15, 0.2) is 5.78 Å². The van der Waals surface area contributed by atoms with E-state index >= 15 is 26.3 Å². The van der Waals surface area contributed by atoms with Crippen LogP contribution in [0.2, 0.25) is 0 Å². The van der Waals surface area contributed by atoms with E-state index in [1.807, 2.05) is 0 Å². The summed E-state index contributed by atoms with van der Waals surface area (Å²) in [6.07, 6.45) is -29.2. The van der Waals surface area contributed by atoms with E-state index in [-0.39, 0.29) is 38.4 Å². The molecule has 11 rings (SSSR count). The van der Waals surface area contributed by atoms with E-state index in [9.17, 15) is 57.5 Å². The molecule has 0 spiro atoms. The van der Waals surface area contributed by atoms with Crippen LogP contribution in [-0.4, -0.2) is 24.5 Å². The van der Waals surface area contributed by atoms with E-state index in [1.54, 1.807) is 0 Å². The largest absolute Gasteiger partial charge is 0.418 e. The van der Waals surface area contributed by atoms with Crippen molar-refractivity contribution in [1.29, 1.82) is 0 Å². The van der Waals surface area contributed by atoms with Gasteiger partial charge in [-0.1, -0.05) is 24.3 Å². The van der Waals surface area contributed by atoms with Gasteiger partial charge in [-0.3, -0.25) is 9.78 Å². The molecule has 0 saturated heterocycles. The lowest BCUT2D eigenvalue weighted by Gasteiger charge is -2.18. The Bertz CT molecular complexity index is 3880. The van der Waals surface area contributed by atoms with Gasteiger partial charge < -0.3 is 13.7 Å². The van der Waals surface area contributed by atoms with Crippen molar-refractivity contribution in [1.82, 2.24) is 18.7 Å². The molecule has 392 valence electrons. The van der Waals surface area contributed by atoms with Crippen LogP contribution in [0.3, 0.4) is 0 Å². The number of halogens is 18. The SMILES string of the molecule is O=C(c1ccncc1)c1ccc(-n2c3cc(C(F)(F)F)c(-n4c5cc(C(F)(F)F)ccc5c5ccc(C(F)(F)F)cc54)cc3c3cc(-n4c5cc(C(F)(F)F)ccc5c5ccc(C(F)(F)F)cc54)c(C(F)(F)F)cc32)cc1. The van der Waals surface area contributed by atoms with Gasteiger partial charge in [0.05, 0.1) is 77.9 Å². The van der Waals surface area contributed by atoms with Gasteiger partial charge in [-0.15, -0.1) is 0 Å². The summed E-state index contributed by atoms with van der Waals surface area (Å²) in [4.78, 5) is 17.3. The van der Waals surface area contributed by atoms with Crippen molar-refractivity contribution >= 4 is 71.2 Å². The van der Waals surface area contributed by atoms with Crippen LogP contribution in [0, 0.1) is 0 Å². The lowest BCUT2D eigenvalue weighted by atomic mass is 10.0. The molecule has 0 aliphatic rings. The summed E-state index contributed by atoms with van der Waals surface area (Å²) in [7, 11) is 0. The average molecular weight is 1090 g/mol. The quantitative estimate of drug-likeness (QED) is 0.127. The highest BCUT2D eigenvalue weighted by atomic mass is 19.4. The zero-order valence-electron chi connectivity index (χ0n) is 37.9. The molecule has 5 nitrogen and oxygen atoms in total. The number of pyridine rings is 1. The highest BCUT2D eigenvalue weighted by molar-refractivity contribution is 6.15. The van der Waals surface area contributed by atoms with Crippen LogP contribution in [0.1, 0.15) is 49.3 Å². The Balaban J connectivity index is 1.32. The molecule has 77 heavy (non-hydrogen) atoms. The molecule has 4 aromatic heterocycles. The molecule has 7 aromatic carbocycles. The molecule has 0 radical (unpaired) electrons. The summed E-state index contributed by atoms with van der Waals surface area (Å²) in [6.45, 7) is 0. The molecule has 0 unspecified atom stereocenters. The molecule has 0 atom stereocenters. The van der Waals surface area contributed by atoms with Crippen LogP contribution < -0.4 is 0 Å².